The Morgan fingerprint density at radius 1 is 0.407 bits per heavy atom. The van der Waals surface area contributed by atoms with Gasteiger partial charge in [0.25, 0.3) is 0 Å². The van der Waals surface area contributed by atoms with Gasteiger partial charge in [-0.25, -0.2) is 4.98 Å². The topological polar surface area (TPSA) is 17.8 Å². The van der Waals surface area contributed by atoms with E-state index in [-0.39, 0.29) is 0 Å². The molecule has 1 spiro atoms. The summed E-state index contributed by atoms with van der Waals surface area (Å²) in [6.45, 7) is 0. The normalized spacial score (nSPS) is 15.5. The largest absolute Gasteiger partial charge is 0.292 e. The van der Waals surface area contributed by atoms with Gasteiger partial charge in [0.1, 0.15) is 5.82 Å². The molecule has 1 unspecified atom stereocenters. The second-order valence-electron chi connectivity index (χ2n) is 15.0. The molecule has 2 nitrogen and oxygen atoms in total. The molecule has 0 N–H and O–H groups in total. The minimum atomic E-state index is -0.494. The maximum Gasteiger partial charge on any atom is 0.145 e. The maximum absolute atomic E-state index is 5.38. The van der Waals surface area contributed by atoms with Crippen LogP contribution in [0.1, 0.15) is 22.3 Å². The summed E-state index contributed by atoms with van der Waals surface area (Å²) < 4.78 is 2.35. The van der Waals surface area contributed by atoms with Crippen LogP contribution in [0, 0.1) is 0 Å². The fourth-order valence-electron chi connectivity index (χ4n) is 10.4. The second-order valence-corrected chi connectivity index (χ2v) is 15.0. The minimum Gasteiger partial charge on any atom is -0.292 e. The molecule has 0 amide bonds. The van der Waals surface area contributed by atoms with E-state index >= 15 is 0 Å². The van der Waals surface area contributed by atoms with Gasteiger partial charge in [0, 0.05) is 11.3 Å². The molecule has 248 valence electrons. The number of rotatable bonds is 2. The van der Waals surface area contributed by atoms with E-state index in [2.05, 4.69) is 187 Å². The number of benzene rings is 9. The van der Waals surface area contributed by atoms with Crippen LogP contribution in [0.5, 0.6) is 0 Å². The molecule has 13 rings (SSSR count). The van der Waals surface area contributed by atoms with Crippen molar-refractivity contribution >= 4 is 32.6 Å². The first-order valence-electron chi connectivity index (χ1n) is 18.8. The zero-order valence-electron chi connectivity index (χ0n) is 29.2. The molecular weight excluding hydrogens is 653 g/mol. The molecule has 0 radical (unpaired) electrons. The van der Waals surface area contributed by atoms with E-state index in [0.717, 1.165) is 28.1 Å². The molecule has 0 fully saturated rings. The Labute approximate surface area is 312 Å². The Morgan fingerprint density at radius 2 is 1.07 bits per heavy atom. The van der Waals surface area contributed by atoms with Gasteiger partial charge >= 0.3 is 0 Å². The third-order valence-corrected chi connectivity index (χ3v) is 12.5. The Morgan fingerprint density at radius 3 is 1.94 bits per heavy atom. The molecular formula is C52H30N2. The maximum atomic E-state index is 5.38. The fraction of sp³-hybridized carbons (Fsp3) is 0.0192. The van der Waals surface area contributed by atoms with Crippen LogP contribution in [0.3, 0.4) is 0 Å². The van der Waals surface area contributed by atoms with Crippen LogP contribution in [0.15, 0.2) is 182 Å². The fourth-order valence-corrected chi connectivity index (χ4v) is 10.4. The van der Waals surface area contributed by atoms with Crippen molar-refractivity contribution in [2.24, 2.45) is 0 Å². The van der Waals surface area contributed by atoms with E-state index in [9.17, 15) is 0 Å². The quantitative estimate of drug-likeness (QED) is 0.177. The number of imidazole rings is 1. The number of para-hydroxylation sites is 2. The van der Waals surface area contributed by atoms with E-state index in [1.54, 1.807) is 0 Å². The summed E-state index contributed by atoms with van der Waals surface area (Å²) in [4.78, 5) is 5.38. The average molecular weight is 683 g/mol. The van der Waals surface area contributed by atoms with Crippen molar-refractivity contribution in [1.82, 2.24) is 9.55 Å². The first-order chi connectivity index (χ1) is 26.8. The van der Waals surface area contributed by atoms with E-state index in [0.29, 0.717) is 0 Å². The summed E-state index contributed by atoms with van der Waals surface area (Å²) in [5.41, 5.74) is 19.8. The molecule has 0 saturated carbocycles. The average Bonchev–Trinajstić information content (AvgIpc) is 3.95. The van der Waals surface area contributed by atoms with Crippen molar-refractivity contribution in [3.05, 3.63) is 204 Å². The van der Waals surface area contributed by atoms with Crippen LogP contribution in [-0.4, -0.2) is 9.55 Å². The Balaban J connectivity index is 1.14. The van der Waals surface area contributed by atoms with E-state index in [1.165, 1.54) is 88.3 Å². The smallest absolute Gasteiger partial charge is 0.145 e. The van der Waals surface area contributed by atoms with Gasteiger partial charge in [0.05, 0.1) is 16.4 Å². The molecule has 10 aromatic rings. The number of nitrogens with zero attached hydrogens (tertiary/aromatic N) is 2. The zero-order valence-corrected chi connectivity index (χ0v) is 29.2. The predicted octanol–water partition coefficient (Wildman–Crippen LogP) is 13.0. The summed E-state index contributed by atoms with van der Waals surface area (Å²) >= 11 is 0. The monoisotopic (exact) mass is 682 g/mol. The Bertz CT molecular complexity index is 3290. The third-order valence-electron chi connectivity index (χ3n) is 12.5. The number of aromatic nitrogens is 2. The van der Waals surface area contributed by atoms with Crippen molar-refractivity contribution in [3.63, 3.8) is 0 Å². The Kier molecular flexibility index (Phi) is 5.34. The van der Waals surface area contributed by atoms with Crippen LogP contribution < -0.4 is 0 Å². The highest BCUT2D eigenvalue weighted by atomic mass is 15.1. The highest BCUT2D eigenvalue weighted by Gasteiger charge is 2.52. The summed E-state index contributed by atoms with van der Waals surface area (Å²) in [7, 11) is 0. The molecule has 0 aliphatic heterocycles. The van der Waals surface area contributed by atoms with Crippen LogP contribution in [0.25, 0.3) is 94.2 Å². The van der Waals surface area contributed by atoms with Gasteiger partial charge in [0.2, 0.25) is 0 Å². The lowest BCUT2D eigenvalue weighted by Crippen LogP contribution is -2.26. The summed E-state index contributed by atoms with van der Waals surface area (Å²) in [6.07, 6.45) is 0. The molecule has 1 atom stereocenters. The van der Waals surface area contributed by atoms with Crippen LogP contribution >= 0.6 is 0 Å². The van der Waals surface area contributed by atoms with Crippen molar-refractivity contribution in [2.75, 3.05) is 0 Å². The lowest BCUT2D eigenvalue weighted by Gasteiger charge is -2.31. The first kappa shape index (κ1) is 28.5. The predicted molar refractivity (Wildman–Crippen MR) is 222 cm³/mol. The molecule has 54 heavy (non-hydrogen) atoms. The lowest BCUT2D eigenvalue weighted by atomic mass is 9.70. The number of fused-ring (bicyclic) bond motifs is 16. The standard InChI is InChI=1S/C52H30N2/c1-2-13-32-28-34(26-24-31(32)12-1)54-48-23-10-9-22-47(48)53-51(54)33-25-27-38-37-16-5-7-20-43(37)52(45(38)29-33)44-21-8-6-17-40(44)50-41-19-11-18-39-35-14-3-4-15-36(35)42(49(39)41)30-46(50)52/h1-30H. The third kappa shape index (κ3) is 3.40. The van der Waals surface area contributed by atoms with Gasteiger partial charge in [-0.2, -0.15) is 0 Å². The summed E-state index contributed by atoms with van der Waals surface area (Å²) in [5, 5.41) is 5.15. The lowest BCUT2D eigenvalue weighted by molar-refractivity contribution is 0.795. The molecule has 3 aliphatic rings. The minimum absolute atomic E-state index is 0.494. The summed E-state index contributed by atoms with van der Waals surface area (Å²) in [5.74, 6) is 0.947. The van der Waals surface area contributed by atoms with Gasteiger partial charge in [-0.1, -0.05) is 146 Å². The number of hydrogen-bond acceptors (Lipinski definition) is 1. The number of hydrogen-bond donors (Lipinski definition) is 0. The van der Waals surface area contributed by atoms with E-state index in [4.69, 9.17) is 4.98 Å². The molecule has 9 aromatic carbocycles. The molecule has 0 saturated heterocycles. The Hall–Kier alpha value is -7.03. The van der Waals surface area contributed by atoms with E-state index < -0.39 is 5.41 Å². The molecule has 2 heteroatoms. The SMILES string of the molecule is c1ccc2c(c1)-c1cccc3c4c(cc-2c13)C1(c2ccccc2-c2ccc(-c3nc5ccccc5n3-c3ccc5ccccc5c3)cc21)c1ccccc1-4. The highest BCUT2D eigenvalue weighted by Crippen LogP contribution is 2.66. The highest BCUT2D eigenvalue weighted by molar-refractivity contribution is 6.21. The van der Waals surface area contributed by atoms with Crippen molar-refractivity contribution in [3.8, 4) is 61.6 Å². The second kappa shape index (κ2) is 10.1. The van der Waals surface area contributed by atoms with Crippen molar-refractivity contribution in [2.45, 2.75) is 5.41 Å². The molecule has 3 aliphatic carbocycles. The van der Waals surface area contributed by atoms with Gasteiger partial charge < -0.3 is 0 Å². The van der Waals surface area contributed by atoms with Crippen molar-refractivity contribution in [1.29, 1.82) is 0 Å². The first-order valence-corrected chi connectivity index (χ1v) is 18.8. The molecule has 1 heterocycles. The zero-order chi connectivity index (χ0) is 35.1. The van der Waals surface area contributed by atoms with Crippen molar-refractivity contribution < 1.29 is 0 Å². The summed E-state index contributed by atoms with van der Waals surface area (Å²) in [6, 6.07) is 67.7. The van der Waals surface area contributed by atoms with Crippen LogP contribution in [0.2, 0.25) is 0 Å². The van der Waals surface area contributed by atoms with Gasteiger partial charge in [0.15, 0.2) is 0 Å². The van der Waals surface area contributed by atoms with Gasteiger partial charge in [-0.05, 0) is 125 Å². The molecule has 0 bridgehead atoms. The van der Waals surface area contributed by atoms with Crippen LogP contribution in [-0.2, 0) is 5.41 Å². The van der Waals surface area contributed by atoms with E-state index in [1.807, 2.05) is 0 Å². The molecule has 1 aromatic heterocycles. The van der Waals surface area contributed by atoms with Crippen LogP contribution in [0.4, 0.5) is 0 Å². The van der Waals surface area contributed by atoms with Gasteiger partial charge in [-0.15, -0.1) is 0 Å². The van der Waals surface area contributed by atoms with Gasteiger partial charge in [-0.3, -0.25) is 4.57 Å².